The summed E-state index contributed by atoms with van der Waals surface area (Å²) in [5.41, 5.74) is 9.36. The molecule has 0 amide bonds. The SMILES string of the molecule is CCC(c1ccc(C(C)(C)C)c(C(C)(C)C)c1)c1ccc(C(C)(C)C)cc1C(C)(C)C. The first-order valence-corrected chi connectivity index (χ1v) is 12.2. The van der Waals surface area contributed by atoms with Crippen molar-refractivity contribution < 1.29 is 0 Å². The van der Waals surface area contributed by atoms with Crippen molar-refractivity contribution in [3.05, 3.63) is 69.8 Å². The number of benzene rings is 2. The molecule has 0 saturated heterocycles. The highest BCUT2D eigenvalue weighted by molar-refractivity contribution is 5.48. The summed E-state index contributed by atoms with van der Waals surface area (Å²) in [7, 11) is 0. The van der Waals surface area contributed by atoms with Crippen LogP contribution in [-0.4, -0.2) is 0 Å². The van der Waals surface area contributed by atoms with Gasteiger partial charge < -0.3 is 0 Å². The lowest BCUT2D eigenvalue weighted by atomic mass is 9.71. The molecule has 0 saturated carbocycles. The van der Waals surface area contributed by atoms with Crippen molar-refractivity contribution in [3.63, 3.8) is 0 Å². The Kier molecular flexibility index (Phi) is 6.98. The lowest BCUT2D eigenvalue weighted by Crippen LogP contribution is -2.23. The molecule has 0 aliphatic rings. The average molecular weight is 421 g/mol. The summed E-state index contributed by atoms with van der Waals surface area (Å²) in [4.78, 5) is 0. The summed E-state index contributed by atoms with van der Waals surface area (Å²) in [6.45, 7) is 30.4. The van der Waals surface area contributed by atoms with Crippen molar-refractivity contribution >= 4 is 0 Å². The van der Waals surface area contributed by atoms with E-state index in [0.717, 1.165) is 6.42 Å². The zero-order valence-electron chi connectivity index (χ0n) is 22.7. The lowest BCUT2D eigenvalue weighted by Gasteiger charge is -2.33. The second-order valence-corrected chi connectivity index (χ2v) is 13.6. The largest absolute Gasteiger partial charge is 0.0645 e. The molecule has 0 radical (unpaired) electrons. The molecular formula is C31H48. The Morgan fingerprint density at radius 1 is 0.548 bits per heavy atom. The fraction of sp³-hybridized carbons (Fsp3) is 0.613. The van der Waals surface area contributed by atoms with Gasteiger partial charge in [-0.05, 0) is 61.5 Å². The van der Waals surface area contributed by atoms with Crippen molar-refractivity contribution in [2.45, 2.75) is 124 Å². The van der Waals surface area contributed by atoms with Gasteiger partial charge >= 0.3 is 0 Å². The third kappa shape index (κ3) is 5.82. The first kappa shape index (κ1) is 25.7. The van der Waals surface area contributed by atoms with Crippen LogP contribution in [0.2, 0.25) is 0 Å². The standard InChI is InChI=1S/C31H48/c1-14-23(21-15-18-25(29(5,6)7)27(19-21)31(11,12)13)24-17-16-22(28(2,3)4)20-26(24)30(8,9)10/h15-20,23H,14H2,1-13H3. The summed E-state index contributed by atoms with van der Waals surface area (Å²) in [5.74, 6) is 0.415. The Balaban J connectivity index is 2.74. The van der Waals surface area contributed by atoms with Gasteiger partial charge in [0, 0.05) is 5.92 Å². The van der Waals surface area contributed by atoms with Crippen LogP contribution >= 0.6 is 0 Å². The molecule has 0 heterocycles. The average Bonchev–Trinajstić information content (AvgIpc) is 2.59. The molecule has 0 aliphatic carbocycles. The smallest absolute Gasteiger partial charge is 0.00897 e. The lowest BCUT2D eigenvalue weighted by molar-refractivity contribution is 0.528. The molecule has 2 aromatic carbocycles. The van der Waals surface area contributed by atoms with Gasteiger partial charge in [0.2, 0.25) is 0 Å². The van der Waals surface area contributed by atoms with Crippen molar-refractivity contribution in [2.24, 2.45) is 0 Å². The summed E-state index contributed by atoms with van der Waals surface area (Å²) >= 11 is 0. The Hall–Kier alpha value is -1.56. The van der Waals surface area contributed by atoms with Crippen LogP contribution in [0.25, 0.3) is 0 Å². The molecule has 0 heteroatoms. The normalized spacial score (nSPS) is 14.6. The van der Waals surface area contributed by atoms with Crippen LogP contribution in [-0.2, 0) is 21.7 Å². The number of rotatable bonds is 3. The minimum Gasteiger partial charge on any atom is -0.0645 e. The van der Waals surface area contributed by atoms with E-state index in [2.05, 4.69) is 126 Å². The van der Waals surface area contributed by atoms with E-state index < -0.39 is 0 Å². The van der Waals surface area contributed by atoms with Gasteiger partial charge in [-0.1, -0.05) is 126 Å². The Morgan fingerprint density at radius 2 is 1.06 bits per heavy atom. The van der Waals surface area contributed by atoms with Crippen molar-refractivity contribution in [2.75, 3.05) is 0 Å². The molecule has 0 fully saturated rings. The van der Waals surface area contributed by atoms with Crippen molar-refractivity contribution in [1.82, 2.24) is 0 Å². The minimum absolute atomic E-state index is 0.113. The zero-order chi connectivity index (χ0) is 24.0. The summed E-state index contributed by atoms with van der Waals surface area (Å²) in [6, 6.07) is 14.6. The molecule has 2 aromatic rings. The van der Waals surface area contributed by atoms with E-state index in [1.54, 1.807) is 0 Å². The second-order valence-electron chi connectivity index (χ2n) is 13.6. The van der Waals surface area contributed by atoms with E-state index >= 15 is 0 Å². The van der Waals surface area contributed by atoms with Crippen LogP contribution in [0.4, 0.5) is 0 Å². The van der Waals surface area contributed by atoms with Gasteiger partial charge in [0.1, 0.15) is 0 Å². The zero-order valence-corrected chi connectivity index (χ0v) is 22.7. The number of hydrogen-bond donors (Lipinski definition) is 0. The minimum atomic E-state index is 0.113. The molecule has 0 spiro atoms. The summed E-state index contributed by atoms with van der Waals surface area (Å²) in [5, 5.41) is 0. The highest BCUT2D eigenvalue weighted by atomic mass is 14.3. The van der Waals surface area contributed by atoms with E-state index in [1.165, 1.54) is 33.4 Å². The third-order valence-electron chi connectivity index (χ3n) is 6.57. The molecule has 1 unspecified atom stereocenters. The first-order valence-electron chi connectivity index (χ1n) is 12.2. The van der Waals surface area contributed by atoms with E-state index in [4.69, 9.17) is 0 Å². The maximum Gasteiger partial charge on any atom is 0.00897 e. The molecule has 0 aliphatic heterocycles. The molecule has 0 aromatic heterocycles. The Morgan fingerprint density at radius 3 is 1.48 bits per heavy atom. The molecular weight excluding hydrogens is 372 g/mol. The maximum atomic E-state index is 2.51. The topological polar surface area (TPSA) is 0 Å². The van der Waals surface area contributed by atoms with Gasteiger partial charge in [0.05, 0.1) is 0 Å². The van der Waals surface area contributed by atoms with Gasteiger partial charge in [-0.15, -0.1) is 0 Å². The molecule has 0 bridgehead atoms. The molecule has 172 valence electrons. The van der Waals surface area contributed by atoms with E-state index in [-0.39, 0.29) is 21.7 Å². The van der Waals surface area contributed by atoms with Crippen LogP contribution in [0.3, 0.4) is 0 Å². The molecule has 2 rings (SSSR count). The van der Waals surface area contributed by atoms with Crippen molar-refractivity contribution in [3.8, 4) is 0 Å². The van der Waals surface area contributed by atoms with Crippen LogP contribution in [0.15, 0.2) is 36.4 Å². The molecule has 31 heavy (non-hydrogen) atoms. The van der Waals surface area contributed by atoms with Gasteiger partial charge in [-0.25, -0.2) is 0 Å². The predicted molar refractivity (Wildman–Crippen MR) is 140 cm³/mol. The maximum absolute atomic E-state index is 2.51. The van der Waals surface area contributed by atoms with Gasteiger partial charge in [0.25, 0.3) is 0 Å². The van der Waals surface area contributed by atoms with Crippen molar-refractivity contribution in [1.29, 1.82) is 0 Å². The van der Waals surface area contributed by atoms with Crippen LogP contribution in [0.1, 0.15) is 136 Å². The van der Waals surface area contributed by atoms with Gasteiger partial charge in [-0.3, -0.25) is 0 Å². The predicted octanol–water partition coefficient (Wildman–Crippen LogP) is 9.42. The Bertz CT molecular complexity index is 899. The highest BCUT2D eigenvalue weighted by Gasteiger charge is 2.29. The monoisotopic (exact) mass is 420 g/mol. The second kappa shape index (κ2) is 8.42. The fourth-order valence-corrected chi connectivity index (χ4v) is 4.66. The fourth-order valence-electron chi connectivity index (χ4n) is 4.66. The highest BCUT2D eigenvalue weighted by Crippen LogP contribution is 2.41. The third-order valence-corrected chi connectivity index (χ3v) is 6.57. The van der Waals surface area contributed by atoms with Crippen LogP contribution in [0.5, 0.6) is 0 Å². The van der Waals surface area contributed by atoms with E-state index in [1.807, 2.05) is 0 Å². The van der Waals surface area contributed by atoms with Crippen LogP contribution in [0, 0.1) is 0 Å². The number of hydrogen-bond acceptors (Lipinski definition) is 0. The van der Waals surface area contributed by atoms with Crippen LogP contribution < -0.4 is 0 Å². The summed E-state index contributed by atoms with van der Waals surface area (Å²) in [6.07, 6.45) is 1.11. The van der Waals surface area contributed by atoms with Gasteiger partial charge in [-0.2, -0.15) is 0 Å². The molecule has 0 N–H and O–H groups in total. The quantitative estimate of drug-likeness (QED) is 0.464. The first-order chi connectivity index (χ1) is 13.9. The van der Waals surface area contributed by atoms with Gasteiger partial charge in [0.15, 0.2) is 0 Å². The summed E-state index contributed by atoms with van der Waals surface area (Å²) < 4.78 is 0. The molecule has 0 nitrogen and oxygen atoms in total. The van der Waals surface area contributed by atoms with E-state index in [0.29, 0.717) is 5.92 Å². The molecule has 1 atom stereocenters. The Labute approximate surface area is 193 Å². The van der Waals surface area contributed by atoms with E-state index in [9.17, 15) is 0 Å².